The molecule has 2 atom stereocenters. The van der Waals surface area contributed by atoms with E-state index in [0.29, 0.717) is 25.9 Å². The summed E-state index contributed by atoms with van der Waals surface area (Å²) in [5.74, 6) is -0.424. The number of esters is 1. The molecular formula is C10H15NO4. The lowest BCUT2D eigenvalue weighted by molar-refractivity contribution is -0.157. The fourth-order valence-electron chi connectivity index (χ4n) is 2.54. The monoisotopic (exact) mass is 213 g/mol. The number of aliphatic hydroxyl groups excluding tert-OH is 1. The van der Waals surface area contributed by atoms with Crippen LogP contribution in [0.1, 0.15) is 26.2 Å². The smallest absolute Gasteiger partial charge is 0.332 e. The molecule has 5 heteroatoms. The average Bonchev–Trinajstić information content (AvgIpc) is 2.66. The van der Waals surface area contributed by atoms with Crippen molar-refractivity contribution >= 4 is 11.9 Å². The van der Waals surface area contributed by atoms with Crippen molar-refractivity contribution in [2.75, 3.05) is 13.2 Å². The van der Waals surface area contributed by atoms with Gasteiger partial charge in [-0.2, -0.15) is 0 Å². The Hall–Kier alpha value is -1.10. The van der Waals surface area contributed by atoms with Gasteiger partial charge in [-0.05, 0) is 13.3 Å². The van der Waals surface area contributed by atoms with E-state index in [-0.39, 0.29) is 18.4 Å². The Kier molecular flexibility index (Phi) is 2.42. The molecule has 2 fully saturated rings. The van der Waals surface area contributed by atoms with Gasteiger partial charge >= 0.3 is 5.97 Å². The summed E-state index contributed by atoms with van der Waals surface area (Å²) in [6.45, 7) is 2.30. The van der Waals surface area contributed by atoms with Gasteiger partial charge in [0, 0.05) is 19.4 Å². The number of rotatable bonds is 2. The van der Waals surface area contributed by atoms with Crippen LogP contribution in [0.4, 0.5) is 0 Å². The molecule has 15 heavy (non-hydrogen) atoms. The first-order valence-electron chi connectivity index (χ1n) is 5.26. The lowest BCUT2D eigenvalue weighted by atomic mass is 9.93. The quantitative estimate of drug-likeness (QED) is 0.638. The molecule has 0 aromatic heterocycles. The first-order chi connectivity index (χ1) is 7.10. The third-order valence-electron chi connectivity index (χ3n) is 3.19. The predicted molar refractivity (Wildman–Crippen MR) is 50.9 cm³/mol. The van der Waals surface area contributed by atoms with Crippen LogP contribution in [0.25, 0.3) is 0 Å². The van der Waals surface area contributed by atoms with E-state index >= 15 is 0 Å². The molecule has 1 amide bonds. The summed E-state index contributed by atoms with van der Waals surface area (Å²) < 4.78 is 4.98. The number of nitrogens with zero attached hydrogens (tertiary/aromatic N) is 1. The second kappa shape index (κ2) is 3.48. The normalized spacial score (nSPS) is 34.4. The van der Waals surface area contributed by atoms with Crippen molar-refractivity contribution in [3.8, 4) is 0 Å². The summed E-state index contributed by atoms with van der Waals surface area (Å²) in [4.78, 5) is 24.8. The van der Waals surface area contributed by atoms with Gasteiger partial charge in [0.15, 0.2) is 0 Å². The summed E-state index contributed by atoms with van der Waals surface area (Å²) in [6, 6.07) is 0. The standard InChI is InChI=1S/C10H15NO4/c1-2-15-9(14)10-4-3-8(13)11(10)6-7(12)5-10/h7,12H,2-6H2,1H3. The number of hydrogen-bond donors (Lipinski definition) is 1. The molecule has 0 radical (unpaired) electrons. The molecule has 1 N–H and O–H groups in total. The van der Waals surface area contributed by atoms with Gasteiger partial charge in [-0.25, -0.2) is 4.79 Å². The molecule has 5 nitrogen and oxygen atoms in total. The molecule has 0 aromatic rings. The van der Waals surface area contributed by atoms with Gasteiger partial charge < -0.3 is 14.7 Å². The summed E-state index contributed by atoms with van der Waals surface area (Å²) in [5, 5.41) is 9.53. The van der Waals surface area contributed by atoms with Crippen LogP contribution in [0.5, 0.6) is 0 Å². The topological polar surface area (TPSA) is 66.8 Å². The molecule has 2 saturated heterocycles. The third kappa shape index (κ3) is 1.42. The van der Waals surface area contributed by atoms with E-state index in [4.69, 9.17) is 4.74 Å². The maximum absolute atomic E-state index is 11.8. The SMILES string of the molecule is CCOC(=O)C12CCC(=O)N1CC(O)C2. The van der Waals surface area contributed by atoms with E-state index in [9.17, 15) is 14.7 Å². The van der Waals surface area contributed by atoms with E-state index in [1.165, 1.54) is 4.90 Å². The summed E-state index contributed by atoms with van der Waals surface area (Å²) in [6.07, 6.45) is 0.573. The zero-order chi connectivity index (χ0) is 11.1. The Labute approximate surface area is 88.0 Å². The Morgan fingerprint density at radius 1 is 1.73 bits per heavy atom. The van der Waals surface area contributed by atoms with Gasteiger partial charge in [-0.3, -0.25) is 4.79 Å². The highest BCUT2D eigenvalue weighted by Gasteiger charge is 2.57. The molecule has 0 bridgehead atoms. The number of fused-ring (bicyclic) bond motifs is 1. The highest BCUT2D eigenvalue weighted by Crippen LogP contribution is 2.40. The van der Waals surface area contributed by atoms with Crippen molar-refractivity contribution in [2.24, 2.45) is 0 Å². The number of hydrogen-bond acceptors (Lipinski definition) is 4. The minimum atomic E-state index is -0.869. The van der Waals surface area contributed by atoms with Crippen LogP contribution in [-0.4, -0.2) is 46.7 Å². The number of carbonyl (C=O) groups excluding carboxylic acids is 2. The van der Waals surface area contributed by atoms with E-state index in [0.717, 1.165) is 0 Å². The van der Waals surface area contributed by atoms with E-state index in [1.54, 1.807) is 6.92 Å². The molecule has 84 valence electrons. The second-order valence-electron chi connectivity index (χ2n) is 4.11. The highest BCUT2D eigenvalue weighted by molar-refractivity contribution is 5.92. The van der Waals surface area contributed by atoms with Gasteiger partial charge in [0.25, 0.3) is 0 Å². The Balaban J connectivity index is 2.24. The number of amides is 1. The zero-order valence-corrected chi connectivity index (χ0v) is 8.73. The minimum absolute atomic E-state index is 0.0559. The summed E-state index contributed by atoms with van der Waals surface area (Å²) in [5.41, 5.74) is -0.869. The van der Waals surface area contributed by atoms with Crippen molar-refractivity contribution in [1.29, 1.82) is 0 Å². The van der Waals surface area contributed by atoms with Crippen LogP contribution >= 0.6 is 0 Å². The average molecular weight is 213 g/mol. The molecule has 2 aliphatic rings. The Morgan fingerprint density at radius 3 is 3.13 bits per heavy atom. The fraction of sp³-hybridized carbons (Fsp3) is 0.800. The maximum atomic E-state index is 11.8. The third-order valence-corrected chi connectivity index (χ3v) is 3.19. The summed E-state index contributed by atoms with van der Waals surface area (Å²) >= 11 is 0. The van der Waals surface area contributed by atoms with Gasteiger partial charge in [0.1, 0.15) is 5.54 Å². The van der Waals surface area contributed by atoms with Crippen molar-refractivity contribution in [1.82, 2.24) is 4.90 Å². The van der Waals surface area contributed by atoms with E-state index in [2.05, 4.69) is 0 Å². The van der Waals surface area contributed by atoms with Crippen LogP contribution in [0.2, 0.25) is 0 Å². The van der Waals surface area contributed by atoms with Crippen LogP contribution in [0.15, 0.2) is 0 Å². The fourth-order valence-corrected chi connectivity index (χ4v) is 2.54. The molecule has 2 rings (SSSR count). The second-order valence-corrected chi connectivity index (χ2v) is 4.11. The number of ether oxygens (including phenoxy) is 1. The molecule has 0 aliphatic carbocycles. The van der Waals surface area contributed by atoms with E-state index < -0.39 is 11.6 Å². The molecular weight excluding hydrogens is 198 g/mol. The number of β-amino-alcohol motifs (C(OH)–C–C–N with tert-alkyl or cyclic N) is 1. The van der Waals surface area contributed by atoms with Crippen LogP contribution in [0.3, 0.4) is 0 Å². The molecule has 2 aliphatic heterocycles. The minimum Gasteiger partial charge on any atom is -0.464 e. The largest absolute Gasteiger partial charge is 0.464 e. The van der Waals surface area contributed by atoms with Crippen LogP contribution < -0.4 is 0 Å². The maximum Gasteiger partial charge on any atom is 0.332 e. The van der Waals surface area contributed by atoms with Crippen molar-refractivity contribution < 1.29 is 19.4 Å². The molecule has 2 heterocycles. The lowest BCUT2D eigenvalue weighted by Crippen LogP contribution is -2.48. The van der Waals surface area contributed by atoms with Crippen molar-refractivity contribution in [2.45, 2.75) is 37.8 Å². The van der Waals surface area contributed by atoms with Gasteiger partial charge in [0.2, 0.25) is 5.91 Å². The van der Waals surface area contributed by atoms with Gasteiger partial charge in [-0.1, -0.05) is 0 Å². The summed E-state index contributed by atoms with van der Waals surface area (Å²) in [7, 11) is 0. The Morgan fingerprint density at radius 2 is 2.47 bits per heavy atom. The highest BCUT2D eigenvalue weighted by atomic mass is 16.5. The molecule has 2 unspecified atom stereocenters. The Bertz CT molecular complexity index is 304. The number of carbonyl (C=O) groups is 2. The molecule has 0 spiro atoms. The van der Waals surface area contributed by atoms with Crippen LogP contribution in [0, 0.1) is 0 Å². The number of aliphatic hydroxyl groups is 1. The molecule has 0 saturated carbocycles. The van der Waals surface area contributed by atoms with Gasteiger partial charge in [0.05, 0.1) is 12.7 Å². The predicted octanol–water partition coefficient (Wildman–Crippen LogP) is -0.325. The van der Waals surface area contributed by atoms with Crippen molar-refractivity contribution in [3.63, 3.8) is 0 Å². The lowest BCUT2D eigenvalue weighted by Gasteiger charge is -2.28. The van der Waals surface area contributed by atoms with Gasteiger partial charge in [-0.15, -0.1) is 0 Å². The molecule has 0 aromatic carbocycles. The van der Waals surface area contributed by atoms with Crippen LogP contribution in [-0.2, 0) is 14.3 Å². The first kappa shape index (κ1) is 10.4. The first-order valence-corrected chi connectivity index (χ1v) is 5.26. The zero-order valence-electron chi connectivity index (χ0n) is 8.73. The van der Waals surface area contributed by atoms with E-state index in [1.807, 2.05) is 0 Å². The van der Waals surface area contributed by atoms with Crippen molar-refractivity contribution in [3.05, 3.63) is 0 Å².